The van der Waals surface area contributed by atoms with Gasteiger partial charge in [0.05, 0.1) is 11.6 Å². The number of carbonyl (C=O) groups excluding carboxylic acids is 1. The Morgan fingerprint density at radius 2 is 1.94 bits per heavy atom. The summed E-state index contributed by atoms with van der Waals surface area (Å²) in [5.41, 5.74) is 7.23. The van der Waals surface area contributed by atoms with Crippen molar-refractivity contribution in [3.05, 3.63) is 63.5 Å². The lowest BCUT2D eigenvalue weighted by molar-refractivity contribution is 0.0944. The maximum atomic E-state index is 13.0. The highest BCUT2D eigenvalue weighted by Gasteiger charge is 2.15. The molecule has 0 aliphatic heterocycles. The van der Waals surface area contributed by atoms with E-state index in [1.54, 1.807) is 19.2 Å². The van der Waals surface area contributed by atoms with Gasteiger partial charge < -0.3 is 25.8 Å². The Kier molecular flexibility index (Phi) is 9.69. The van der Waals surface area contributed by atoms with Crippen molar-refractivity contribution in [1.29, 1.82) is 0 Å². The number of hydrogen-bond donors (Lipinski definition) is 3. The standard InChI is InChI=1S/C20H21BrFN5O4.ClH/c1-29-16-9-13(10-24-6-7-25-20(28)17-19(23)27-31-26-17)8-15(21)18(16)30-11-12-2-4-14(22)5-3-12;/h2-5,8-9,24H,6-7,10-11H2,1H3,(H2,23,27)(H,25,28);1H. The molecule has 0 aliphatic rings. The molecule has 3 rings (SSSR count). The second-order valence-electron chi connectivity index (χ2n) is 6.45. The van der Waals surface area contributed by atoms with Crippen molar-refractivity contribution in [3.8, 4) is 11.5 Å². The fraction of sp³-hybridized carbons (Fsp3) is 0.250. The number of hydrogen-bond acceptors (Lipinski definition) is 8. The molecule has 0 saturated heterocycles. The number of nitrogens with two attached hydrogens (primary N) is 1. The Morgan fingerprint density at radius 1 is 1.19 bits per heavy atom. The molecule has 0 radical (unpaired) electrons. The van der Waals surface area contributed by atoms with Crippen molar-refractivity contribution >= 4 is 40.1 Å². The van der Waals surface area contributed by atoms with Crippen LogP contribution >= 0.6 is 28.3 Å². The first-order valence-corrected chi connectivity index (χ1v) is 10.1. The highest BCUT2D eigenvalue weighted by molar-refractivity contribution is 9.10. The van der Waals surface area contributed by atoms with Crippen LogP contribution in [0.5, 0.6) is 11.5 Å². The van der Waals surface area contributed by atoms with E-state index in [1.807, 2.05) is 12.1 Å². The number of nitrogen functional groups attached to an aromatic ring is 1. The summed E-state index contributed by atoms with van der Waals surface area (Å²) in [6.45, 7) is 1.69. The van der Waals surface area contributed by atoms with Crippen LogP contribution in [-0.2, 0) is 13.2 Å². The van der Waals surface area contributed by atoms with Crippen LogP contribution in [0.4, 0.5) is 10.2 Å². The summed E-state index contributed by atoms with van der Waals surface area (Å²) in [5.74, 6) is 0.326. The van der Waals surface area contributed by atoms with E-state index in [2.05, 4.69) is 41.5 Å². The SMILES string of the molecule is COc1cc(CNCCNC(=O)c2nonc2N)cc(Br)c1OCc1ccc(F)cc1.Cl. The van der Waals surface area contributed by atoms with Crippen LogP contribution in [0.3, 0.4) is 0 Å². The Hall–Kier alpha value is -2.89. The summed E-state index contributed by atoms with van der Waals surface area (Å²) < 4.78 is 29.5. The number of anilines is 1. The van der Waals surface area contributed by atoms with Crippen molar-refractivity contribution < 1.29 is 23.3 Å². The molecule has 0 atom stereocenters. The highest BCUT2D eigenvalue weighted by atomic mass is 79.9. The summed E-state index contributed by atoms with van der Waals surface area (Å²) in [6, 6.07) is 9.88. The lowest BCUT2D eigenvalue weighted by Gasteiger charge is -2.15. The lowest BCUT2D eigenvalue weighted by atomic mass is 10.2. The first-order valence-electron chi connectivity index (χ1n) is 9.28. The molecule has 0 unspecified atom stereocenters. The predicted molar refractivity (Wildman–Crippen MR) is 121 cm³/mol. The molecule has 1 aromatic heterocycles. The van der Waals surface area contributed by atoms with Crippen LogP contribution in [0.25, 0.3) is 0 Å². The minimum Gasteiger partial charge on any atom is -0.493 e. The van der Waals surface area contributed by atoms with E-state index in [4.69, 9.17) is 15.2 Å². The van der Waals surface area contributed by atoms with Gasteiger partial charge in [0.1, 0.15) is 12.4 Å². The van der Waals surface area contributed by atoms with Gasteiger partial charge in [0.2, 0.25) is 11.5 Å². The minimum atomic E-state index is -0.451. The molecule has 12 heteroatoms. The molecule has 0 bridgehead atoms. The van der Waals surface area contributed by atoms with Crippen molar-refractivity contribution in [2.75, 3.05) is 25.9 Å². The van der Waals surface area contributed by atoms with Crippen LogP contribution in [0.15, 0.2) is 45.5 Å². The second kappa shape index (κ2) is 12.2. The van der Waals surface area contributed by atoms with Gasteiger partial charge in [-0.05, 0) is 61.6 Å². The lowest BCUT2D eigenvalue weighted by Crippen LogP contribution is -2.32. The zero-order valence-electron chi connectivity index (χ0n) is 17.1. The van der Waals surface area contributed by atoms with Crippen LogP contribution in [0, 0.1) is 5.82 Å². The third-order valence-electron chi connectivity index (χ3n) is 4.23. The third-order valence-corrected chi connectivity index (χ3v) is 4.82. The van der Waals surface area contributed by atoms with Gasteiger partial charge in [-0.25, -0.2) is 9.02 Å². The van der Waals surface area contributed by atoms with Gasteiger partial charge in [0.25, 0.3) is 5.91 Å². The quantitative estimate of drug-likeness (QED) is 0.342. The summed E-state index contributed by atoms with van der Waals surface area (Å²) in [4.78, 5) is 11.9. The number of amides is 1. The molecular weight excluding hydrogens is 509 g/mol. The number of carbonyl (C=O) groups is 1. The van der Waals surface area contributed by atoms with Gasteiger partial charge in [-0.15, -0.1) is 12.4 Å². The molecular formula is C20H22BrClFN5O4. The number of halogens is 3. The monoisotopic (exact) mass is 529 g/mol. The topological polar surface area (TPSA) is 125 Å². The number of rotatable bonds is 10. The summed E-state index contributed by atoms with van der Waals surface area (Å²) >= 11 is 3.51. The van der Waals surface area contributed by atoms with Crippen molar-refractivity contribution in [2.24, 2.45) is 0 Å². The molecule has 3 aromatic rings. The molecule has 0 fully saturated rings. The summed E-state index contributed by atoms with van der Waals surface area (Å²) in [6.07, 6.45) is 0. The van der Waals surface area contributed by atoms with Crippen LogP contribution < -0.4 is 25.8 Å². The molecule has 2 aromatic carbocycles. The molecule has 0 spiro atoms. The van der Waals surface area contributed by atoms with Gasteiger partial charge in [-0.2, -0.15) is 0 Å². The molecule has 172 valence electrons. The zero-order valence-corrected chi connectivity index (χ0v) is 19.5. The molecule has 9 nitrogen and oxygen atoms in total. The molecule has 0 aliphatic carbocycles. The predicted octanol–water partition coefficient (Wildman–Crippen LogP) is 3.08. The van der Waals surface area contributed by atoms with Crippen LogP contribution in [0.2, 0.25) is 0 Å². The van der Waals surface area contributed by atoms with Crippen molar-refractivity contribution in [1.82, 2.24) is 20.9 Å². The largest absolute Gasteiger partial charge is 0.493 e. The maximum absolute atomic E-state index is 13.0. The van der Waals surface area contributed by atoms with Gasteiger partial charge in [0, 0.05) is 19.6 Å². The Labute approximate surface area is 198 Å². The van der Waals surface area contributed by atoms with E-state index in [0.717, 1.165) is 15.6 Å². The van der Waals surface area contributed by atoms with Crippen LogP contribution in [-0.4, -0.2) is 36.4 Å². The smallest absolute Gasteiger partial charge is 0.277 e. The first kappa shape index (κ1) is 25.4. The average Bonchev–Trinajstić information content (AvgIpc) is 3.19. The maximum Gasteiger partial charge on any atom is 0.277 e. The van der Waals surface area contributed by atoms with Gasteiger partial charge in [0.15, 0.2) is 11.5 Å². The van der Waals surface area contributed by atoms with E-state index < -0.39 is 5.91 Å². The van der Waals surface area contributed by atoms with E-state index >= 15 is 0 Å². The molecule has 0 saturated carbocycles. The van der Waals surface area contributed by atoms with E-state index in [9.17, 15) is 9.18 Å². The number of benzene rings is 2. The van der Waals surface area contributed by atoms with Crippen molar-refractivity contribution in [3.63, 3.8) is 0 Å². The Bertz CT molecular complexity index is 1040. The average molecular weight is 531 g/mol. The fourth-order valence-corrected chi connectivity index (χ4v) is 3.29. The first-order chi connectivity index (χ1) is 15.0. The van der Waals surface area contributed by atoms with Gasteiger partial charge >= 0.3 is 0 Å². The molecule has 1 amide bonds. The number of nitrogens with one attached hydrogen (secondary N) is 2. The Balaban J connectivity index is 0.00000363. The number of aromatic nitrogens is 2. The van der Waals surface area contributed by atoms with Gasteiger partial charge in [-0.1, -0.05) is 12.1 Å². The van der Waals surface area contributed by atoms with E-state index in [-0.39, 0.29) is 36.3 Å². The van der Waals surface area contributed by atoms with Gasteiger partial charge in [-0.3, -0.25) is 4.79 Å². The number of nitrogens with zero attached hydrogens (tertiary/aromatic N) is 2. The number of ether oxygens (including phenoxy) is 2. The van der Waals surface area contributed by atoms with E-state index in [0.29, 0.717) is 31.1 Å². The zero-order chi connectivity index (χ0) is 22.2. The molecule has 1 heterocycles. The van der Waals surface area contributed by atoms with Crippen molar-refractivity contribution in [2.45, 2.75) is 13.2 Å². The summed E-state index contributed by atoms with van der Waals surface area (Å²) in [5, 5.41) is 12.7. The van der Waals surface area contributed by atoms with Crippen LogP contribution in [0.1, 0.15) is 21.6 Å². The highest BCUT2D eigenvalue weighted by Crippen LogP contribution is 2.37. The van der Waals surface area contributed by atoms with E-state index in [1.165, 1.54) is 12.1 Å². The summed E-state index contributed by atoms with van der Waals surface area (Å²) in [7, 11) is 1.56. The normalized spacial score (nSPS) is 10.3. The third kappa shape index (κ3) is 6.81. The number of methoxy groups -OCH3 is 1. The second-order valence-corrected chi connectivity index (χ2v) is 7.31. The molecule has 4 N–H and O–H groups in total. The Morgan fingerprint density at radius 3 is 2.59 bits per heavy atom. The minimum absolute atomic E-state index is 0. The fourth-order valence-electron chi connectivity index (χ4n) is 2.69. The molecule has 32 heavy (non-hydrogen) atoms.